The van der Waals surface area contributed by atoms with Gasteiger partial charge in [0.15, 0.2) is 17.5 Å². The van der Waals surface area contributed by atoms with Crippen LogP contribution in [0.2, 0.25) is 0 Å². The van der Waals surface area contributed by atoms with Gasteiger partial charge in [-0.1, -0.05) is 17.3 Å². The standard InChI is InChI=1S/C28H31FN8O3/c1-17-12-24(36-40-17)34-23-6-4-20(13-30)26(35-23)19-8-10-28(39-3,11-9-19)27(38)33-18(2)21-5-7-25(31-14-21)37-16-22(29)15-32-37/h4-7,12,14-16,18-20,26H,8-11H2,1-3H3,(H,33,38)(H,34,35,36)/t18-,19?,20?,26?,28?/m0/s1. The molecule has 0 saturated heterocycles. The number of nitrogens with zero attached hydrogens (tertiary/aromatic N) is 6. The molecule has 40 heavy (non-hydrogen) atoms. The van der Waals surface area contributed by atoms with Gasteiger partial charge in [0.25, 0.3) is 5.91 Å². The zero-order chi connectivity index (χ0) is 28.3. The molecular weight excluding hydrogens is 515 g/mol. The van der Waals surface area contributed by atoms with E-state index in [0.717, 1.165) is 11.8 Å². The minimum absolute atomic E-state index is 0.114. The SMILES string of the molecule is COC1(C(=O)N[C@@H](C)c2ccc(-n3cc(F)cn3)nc2)CCC(C2N=C(Nc3cc(C)on3)C=CC2C#N)CC1. The Bertz CT molecular complexity index is 1450. The van der Waals surface area contributed by atoms with E-state index in [-0.39, 0.29) is 29.8 Å². The lowest BCUT2D eigenvalue weighted by atomic mass is 9.72. The maximum atomic E-state index is 13.5. The van der Waals surface area contributed by atoms with Crippen LogP contribution in [0.3, 0.4) is 0 Å². The highest BCUT2D eigenvalue weighted by Gasteiger charge is 2.45. The summed E-state index contributed by atoms with van der Waals surface area (Å²) in [6.45, 7) is 3.69. The Hall–Kier alpha value is -4.37. The van der Waals surface area contributed by atoms with Crippen molar-refractivity contribution >= 4 is 17.6 Å². The number of anilines is 1. The molecule has 3 aromatic rings. The van der Waals surface area contributed by atoms with E-state index in [0.29, 0.717) is 48.9 Å². The normalized spacial score (nSPS) is 25.1. The highest BCUT2D eigenvalue weighted by molar-refractivity contribution is 6.03. The van der Waals surface area contributed by atoms with Crippen molar-refractivity contribution in [2.75, 3.05) is 12.4 Å². The third-order valence-corrected chi connectivity index (χ3v) is 7.68. The molecule has 3 atom stereocenters. The average Bonchev–Trinajstić information content (AvgIpc) is 3.60. The highest BCUT2D eigenvalue weighted by Crippen LogP contribution is 2.40. The average molecular weight is 547 g/mol. The lowest BCUT2D eigenvalue weighted by molar-refractivity contribution is -0.149. The van der Waals surface area contributed by atoms with Gasteiger partial charge in [-0.15, -0.1) is 0 Å². The second-order valence-electron chi connectivity index (χ2n) is 10.3. The topological polar surface area (TPSA) is 143 Å². The maximum absolute atomic E-state index is 13.5. The molecule has 2 unspecified atom stereocenters. The summed E-state index contributed by atoms with van der Waals surface area (Å²) in [4.78, 5) is 22.6. The number of amides is 1. The molecule has 4 heterocycles. The summed E-state index contributed by atoms with van der Waals surface area (Å²) in [5.41, 5.74) is -0.174. The number of methoxy groups -OCH3 is 1. The Morgan fingerprint density at radius 2 is 2.12 bits per heavy atom. The molecule has 3 aromatic heterocycles. The van der Waals surface area contributed by atoms with Crippen LogP contribution >= 0.6 is 0 Å². The van der Waals surface area contributed by atoms with Crippen LogP contribution in [-0.4, -0.2) is 50.4 Å². The number of aliphatic imine (C=N–C) groups is 1. The van der Waals surface area contributed by atoms with E-state index in [1.165, 1.54) is 10.9 Å². The second kappa shape index (κ2) is 11.4. The number of ether oxygens (including phenoxy) is 1. The van der Waals surface area contributed by atoms with E-state index in [2.05, 4.69) is 31.9 Å². The number of hydrogen-bond acceptors (Lipinski definition) is 9. The number of hydrogen-bond donors (Lipinski definition) is 2. The third kappa shape index (κ3) is 5.65. The van der Waals surface area contributed by atoms with Gasteiger partial charge in [0.1, 0.15) is 17.2 Å². The van der Waals surface area contributed by atoms with Crippen molar-refractivity contribution in [2.45, 2.75) is 57.2 Å². The predicted molar refractivity (Wildman–Crippen MR) is 144 cm³/mol. The number of pyridine rings is 1. The van der Waals surface area contributed by atoms with E-state index < -0.39 is 11.4 Å². The number of aromatic nitrogens is 4. The van der Waals surface area contributed by atoms with Crippen LogP contribution in [0.5, 0.6) is 0 Å². The first-order valence-corrected chi connectivity index (χ1v) is 13.2. The summed E-state index contributed by atoms with van der Waals surface area (Å²) in [6, 6.07) is 7.12. The summed E-state index contributed by atoms with van der Waals surface area (Å²) >= 11 is 0. The monoisotopic (exact) mass is 546 g/mol. The molecule has 1 aliphatic carbocycles. The molecule has 0 radical (unpaired) electrons. The Morgan fingerprint density at radius 1 is 1.32 bits per heavy atom. The molecule has 1 aliphatic heterocycles. The largest absolute Gasteiger partial charge is 0.368 e. The Kier molecular flexibility index (Phi) is 7.75. The fraction of sp³-hybridized carbons (Fsp3) is 0.429. The molecular formula is C28H31FN8O3. The van der Waals surface area contributed by atoms with E-state index >= 15 is 0 Å². The summed E-state index contributed by atoms with van der Waals surface area (Å²) in [7, 11) is 1.56. The van der Waals surface area contributed by atoms with Crippen LogP contribution in [-0.2, 0) is 9.53 Å². The minimum atomic E-state index is -0.972. The Morgan fingerprint density at radius 3 is 2.73 bits per heavy atom. The van der Waals surface area contributed by atoms with Crippen molar-refractivity contribution in [3.05, 3.63) is 66.1 Å². The number of rotatable bonds is 7. The molecule has 11 nitrogen and oxygen atoms in total. The lowest BCUT2D eigenvalue weighted by Gasteiger charge is -2.41. The number of carbonyl (C=O) groups excluding carboxylic acids is 1. The quantitative estimate of drug-likeness (QED) is 0.452. The highest BCUT2D eigenvalue weighted by atomic mass is 19.1. The molecule has 0 spiro atoms. The van der Waals surface area contributed by atoms with Gasteiger partial charge in [0.05, 0.1) is 36.5 Å². The van der Waals surface area contributed by atoms with Crippen molar-refractivity contribution < 1.29 is 18.4 Å². The first-order valence-electron chi connectivity index (χ1n) is 13.2. The van der Waals surface area contributed by atoms with Crippen LogP contribution in [0.15, 0.2) is 58.5 Å². The Balaban J connectivity index is 1.22. The molecule has 12 heteroatoms. The van der Waals surface area contributed by atoms with Crippen molar-refractivity contribution in [1.82, 2.24) is 25.2 Å². The van der Waals surface area contributed by atoms with E-state index in [9.17, 15) is 14.4 Å². The maximum Gasteiger partial charge on any atom is 0.252 e. The summed E-state index contributed by atoms with van der Waals surface area (Å²) < 4.78 is 25.6. The number of amidine groups is 1. The predicted octanol–water partition coefficient (Wildman–Crippen LogP) is 4.04. The van der Waals surface area contributed by atoms with Gasteiger partial charge < -0.3 is 19.9 Å². The van der Waals surface area contributed by atoms with Gasteiger partial charge >= 0.3 is 0 Å². The van der Waals surface area contributed by atoms with Crippen LogP contribution in [0.4, 0.5) is 10.2 Å². The van der Waals surface area contributed by atoms with E-state index in [4.69, 9.17) is 14.3 Å². The molecule has 5 rings (SSSR count). The summed E-state index contributed by atoms with van der Waals surface area (Å²) in [5, 5.41) is 23.8. The fourth-order valence-corrected chi connectivity index (χ4v) is 5.34. The first-order chi connectivity index (χ1) is 19.3. The molecule has 0 bridgehead atoms. The van der Waals surface area contributed by atoms with Crippen LogP contribution in [0.25, 0.3) is 5.82 Å². The molecule has 2 N–H and O–H groups in total. The van der Waals surface area contributed by atoms with Gasteiger partial charge in [-0.05, 0) is 63.2 Å². The van der Waals surface area contributed by atoms with Crippen molar-refractivity contribution in [3.63, 3.8) is 0 Å². The summed E-state index contributed by atoms with van der Waals surface area (Å²) in [6.07, 6.45) is 10.0. The molecule has 1 amide bonds. The number of nitrogens with one attached hydrogen (secondary N) is 2. The van der Waals surface area contributed by atoms with Crippen LogP contribution in [0, 0.1) is 35.9 Å². The van der Waals surface area contributed by atoms with Gasteiger partial charge in [0, 0.05) is 19.4 Å². The Labute approximate surface area is 231 Å². The van der Waals surface area contributed by atoms with Crippen LogP contribution < -0.4 is 10.6 Å². The molecule has 2 aliphatic rings. The van der Waals surface area contributed by atoms with Gasteiger partial charge in [0.2, 0.25) is 0 Å². The smallest absolute Gasteiger partial charge is 0.252 e. The number of dihydropyridines is 1. The number of halogens is 1. The zero-order valence-corrected chi connectivity index (χ0v) is 22.5. The second-order valence-corrected chi connectivity index (χ2v) is 10.3. The summed E-state index contributed by atoms with van der Waals surface area (Å²) in [5.74, 6) is 1.47. The molecule has 1 fully saturated rings. The van der Waals surface area contributed by atoms with Gasteiger partial charge in [-0.2, -0.15) is 10.4 Å². The molecule has 208 valence electrons. The number of aryl methyl sites for hydroxylation is 1. The third-order valence-electron chi connectivity index (χ3n) is 7.68. The minimum Gasteiger partial charge on any atom is -0.368 e. The fourth-order valence-electron chi connectivity index (χ4n) is 5.34. The van der Waals surface area contributed by atoms with E-state index in [1.807, 2.05) is 26.0 Å². The van der Waals surface area contributed by atoms with Gasteiger partial charge in [-0.25, -0.2) is 14.1 Å². The first kappa shape index (κ1) is 27.2. The van der Waals surface area contributed by atoms with Crippen molar-refractivity contribution in [1.29, 1.82) is 5.26 Å². The van der Waals surface area contributed by atoms with E-state index in [1.54, 1.807) is 31.5 Å². The van der Waals surface area contributed by atoms with Crippen molar-refractivity contribution in [2.24, 2.45) is 16.8 Å². The number of nitriles is 1. The lowest BCUT2D eigenvalue weighted by Crippen LogP contribution is -2.52. The zero-order valence-electron chi connectivity index (χ0n) is 22.5. The van der Waals surface area contributed by atoms with Crippen molar-refractivity contribution in [3.8, 4) is 11.9 Å². The molecule has 1 saturated carbocycles. The van der Waals surface area contributed by atoms with Gasteiger partial charge in [-0.3, -0.25) is 9.79 Å². The van der Waals surface area contributed by atoms with Crippen LogP contribution in [0.1, 0.15) is 50.0 Å². The molecule has 0 aromatic carbocycles. The number of carbonyl (C=O) groups is 1.